The minimum atomic E-state index is 0.145. The van der Waals surface area contributed by atoms with Crippen molar-refractivity contribution >= 4 is 23.2 Å². The van der Waals surface area contributed by atoms with E-state index in [2.05, 4.69) is 18.3 Å². The van der Waals surface area contributed by atoms with Crippen LogP contribution in [0.3, 0.4) is 0 Å². The zero-order valence-electron chi connectivity index (χ0n) is 12.2. The fraction of sp³-hybridized carbons (Fsp3) is 0.294. The first-order valence-electron chi connectivity index (χ1n) is 6.95. The third-order valence-corrected chi connectivity index (χ3v) is 3.92. The molecule has 0 amide bonds. The number of methoxy groups -OCH3 is 1. The molecule has 0 aliphatic rings. The largest absolute Gasteiger partial charge is 0.497 e. The average molecular weight is 324 g/mol. The van der Waals surface area contributed by atoms with Gasteiger partial charge in [-0.25, -0.2) is 0 Å². The summed E-state index contributed by atoms with van der Waals surface area (Å²) in [5, 5.41) is 4.82. The van der Waals surface area contributed by atoms with Crippen LogP contribution in [-0.4, -0.2) is 13.7 Å². The lowest BCUT2D eigenvalue weighted by atomic mass is 9.98. The minimum absolute atomic E-state index is 0.145. The molecule has 0 saturated carbocycles. The summed E-state index contributed by atoms with van der Waals surface area (Å²) in [5.41, 5.74) is 2.26. The van der Waals surface area contributed by atoms with E-state index in [-0.39, 0.29) is 6.04 Å². The fourth-order valence-electron chi connectivity index (χ4n) is 2.36. The molecule has 0 spiro atoms. The second kappa shape index (κ2) is 7.69. The topological polar surface area (TPSA) is 21.3 Å². The molecule has 21 heavy (non-hydrogen) atoms. The van der Waals surface area contributed by atoms with Crippen molar-refractivity contribution in [1.29, 1.82) is 0 Å². The molecule has 0 fully saturated rings. The maximum Gasteiger partial charge on any atom is 0.119 e. The van der Waals surface area contributed by atoms with Crippen molar-refractivity contribution in [2.75, 3.05) is 13.7 Å². The Bertz CT molecular complexity index is 601. The van der Waals surface area contributed by atoms with Crippen LogP contribution in [0.15, 0.2) is 42.5 Å². The average Bonchev–Trinajstić information content (AvgIpc) is 2.47. The second-order valence-corrected chi connectivity index (χ2v) is 5.68. The summed E-state index contributed by atoms with van der Waals surface area (Å²) in [5.74, 6) is 0.866. The number of hydrogen-bond donors (Lipinski definition) is 1. The highest BCUT2D eigenvalue weighted by molar-refractivity contribution is 6.35. The van der Waals surface area contributed by atoms with Gasteiger partial charge in [-0.15, -0.1) is 0 Å². The van der Waals surface area contributed by atoms with Crippen LogP contribution in [0.25, 0.3) is 0 Å². The van der Waals surface area contributed by atoms with Crippen LogP contribution in [0.5, 0.6) is 5.75 Å². The number of nitrogens with one attached hydrogen (secondary N) is 1. The molecular formula is C17H19Cl2NO. The Labute approximate surface area is 136 Å². The van der Waals surface area contributed by atoms with Crippen LogP contribution < -0.4 is 10.1 Å². The fourth-order valence-corrected chi connectivity index (χ4v) is 2.90. The second-order valence-electron chi connectivity index (χ2n) is 4.83. The Kier molecular flexibility index (Phi) is 5.92. The predicted molar refractivity (Wildman–Crippen MR) is 89.6 cm³/mol. The number of likely N-dealkylation sites (N-methyl/N-ethyl adjacent to an activating group) is 1. The first kappa shape index (κ1) is 16.2. The molecule has 0 radical (unpaired) electrons. The molecule has 112 valence electrons. The molecule has 4 heteroatoms. The van der Waals surface area contributed by atoms with E-state index in [1.807, 2.05) is 30.3 Å². The van der Waals surface area contributed by atoms with E-state index in [0.717, 1.165) is 24.3 Å². The minimum Gasteiger partial charge on any atom is -0.497 e. The maximum absolute atomic E-state index is 6.34. The van der Waals surface area contributed by atoms with Crippen molar-refractivity contribution < 1.29 is 4.74 Å². The van der Waals surface area contributed by atoms with Crippen LogP contribution in [0.2, 0.25) is 10.0 Å². The predicted octanol–water partition coefficient (Wildman–Crippen LogP) is 4.90. The SMILES string of the molecule is CCNC(Cc1cccc(OC)c1)c1ccc(Cl)cc1Cl. The Balaban J connectivity index is 2.26. The molecule has 0 aliphatic heterocycles. The first-order chi connectivity index (χ1) is 10.1. The Hall–Kier alpha value is -1.22. The third-order valence-electron chi connectivity index (χ3n) is 3.36. The van der Waals surface area contributed by atoms with Crippen LogP contribution in [0, 0.1) is 0 Å². The van der Waals surface area contributed by atoms with Gasteiger partial charge in [0.1, 0.15) is 5.75 Å². The lowest BCUT2D eigenvalue weighted by molar-refractivity contribution is 0.414. The number of halogens is 2. The molecule has 2 nitrogen and oxygen atoms in total. The Morgan fingerprint density at radius 2 is 1.95 bits per heavy atom. The number of ether oxygens (including phenoxy) is 1. The van der Waals surface area contributed by atoms with Gasteiger partial charge in [0.15, 0.2) is 0 Å². The third kappa shape index (κ3) is 4.37. The molecule has 1 atom stereocenters. The van der Waals surface area contributed by atoms with Crippen LogP contribution in [-0.2, 0) is 6.42 Å². The van der Waals surface area contributed by atoms with Crippen molar-refractivity contribution in [3.05, 3.63) is 63.6 Å². The van der Waals surface area contributed by atoms with E-state index in [1.165, 1.54) is 5.56 Å². The molecule has 0 bridgehead atoms. The van der Waals surface area contributed by atoms with E-state index in [0.29, 0.717) is 10.0 Å². The molecule has 0 heterocycles. The highest BCUT2D eigenvalue weighted by atomic mass is 35.5. The summed E-state index contributed by atoms with van der Waals surface area (Å²) < 4.78 is 5.28. The molecule has 1 unspecified atom stereocenters. The summed E-state index contributed by atoms with van der Waals surface area (Å²) in [6.07, 6.45) is 0.840. The molecule has 1 N–H and O–H groups in total. The molecule has 2 aromatic carbocycles. The van der Waals surface area contributed by atoms with Gasteiger partial charge in [0.25, 0.3) is 0 Å². The smallest absolute Gasteiger partial charge is 0.119 e. The van der Waals surface area contributed by atoms with Crippen molar-refractivity contribution in [3.8, 4) is 5.75 Å². The van der Waals surface area contributed by atoms with Gasteiger partial charge in [-0.05, 0) is 48.4 Å². The van der Waals surface area contributed by atoms with Gasteiger partial charge in [-0.2, -0.15) is 0 Å². The molecule has 0 aliphatic carbocycles. The molecule has 2 aromatic rings. The quantitative estimate of drug-likeness (QED) is 0.816. The Morgan fingerprint density at radius 1 is 1.14 bits per heavy atom. The number of hydrogen-bond acceptors (Lipinski definition) is 2. The van der Waals surface area contributed by atoms with E-state index in [9.17, 15) is 0 Å². The lowest BCUT2D eigenvalue weighted by Gasteiger charge is -2.20. The first-order valence-corrected chi connectivity index (χ1v) is 7.71. The van der Waals surface area contributed by atoms with E-state index >= 15 is 0 Å². The van der Waals surface area contributed by atoms with Gasteiger partial charge >= 0.3 is 0 Å². The molecule has 2 rings (SSSR count). The van der Waals surface area contributed by atoms with Gasteiger partial charge in [-0.3, -0.25) is 0 Å². The number of benzene rings is 2. The van der Waals surface area contributed by atoms with Crippen molar-refractivity contribution in [3.63, 3.8) is 0 Å². The van der Waals surface area contributed by atoms with Crippen LogP contribution >= 0.6 is 23.2 Å². The number of rotatable bonds is 6. The zero-order valence-corrected chi connectivity index (χ0v) is 13.7. The van der Waals surface area contributed by atoms with E-state index in [1.54, 1.807) is 13.2 Å². The normalized spacial score (nSPS) is 12.2. The van der Waals surface area contributed by atoms with Crippen molar-refractivity contribution in [1.82, 2.24) is 5.32 Å². The van der Waals surface area contributed by atoms with Crippen molar-refractivity contribution in [2.45, 2.75) is 19.4 Å². The molecule has 0 saturated heterocycles. The van der Waals surface area contributed by atoms with Gasteiger partial charge in [0, 0.05) is 16.1 Å². The van der Waals surface area contributed by atoms with E-state index < -0.39 is 0 Å². The van der Waals surface area contributed by atoms with Gasteiger partial charge in [0.2, 0.25) is 0 Å². The summed E-state index contributed by atoms with van der Waals surface area (Å²) in [4.78, 5) is 0. The van der Waals surface area contributed by atoms with Crippen LogP contribution in [0.4, 0.5) is 0 Å². The van der Waals surface area contributed by atoms with Crippen LogP contribution in [0.1, 0.15) is 24.1 Å². The Morgan fingerprint density at radius 3 is 2.62 bits per heavy atom. The van der Waals surface area contributed by atoms with Crippen molar-refractivity contribution in [2.24, 2.45) is 0 Å². The standard InChI is InChI=1S/C17H19Cl2NO/c1-3-20-17(15-8-7-13(18)11-16(15)19)10-12-5-4-6-14(9-12)21-2/h4-9,11,17,20H,3,10H2,1-2H3. The molecule has 0 aromatic heterocycles. The van der Waals surface area contributed by atoms with Gasteiger partial charge < -0.3 is 10.1 Å². The maximum atomic E-state index is 6.34. The summed E-state index contributed by atoms with van der Waals surface area (Å²) >= 11 is 12.3. The van der Waals surface area contributed by atoms with E-state index in [4.69, 9.17) is 27.9 Å². The molecular weight excluding hydrogens is 305 g/mol. The summed E-state index contributed by atoms with van der Waals surface area (Å²) in [6.45, 7) is 2.95. The van der Waals surface area contributed by atoms with Gasteiger partial charge in [0.05, 0.1) is 7.11 Å². The monoisotopic (exact) mass is 323 g/mol. The highest BCUT2D eigenvalue weighted by Gasteiger charge is 2.15. The highest BCUT2D eigenvalue weighted by Crippen LogP contribution is 2.29. The van der Waals surface area contributed by atoms with Gasteiger partial charge in [-0.1, -0.05) is 48.3 Å². The summed E-state index contributed by atoms with van der Waals surface area (Å²) in [6, 6.07) is 13.9. The summed E-state index contributed by atoms with van der Waals surface area (Å²) in [7, 11) is 1.68. The lowest BCUT2D eigenvalue weighted by Crippen LogP contribution is -2.23. The zero-order chi connectivity index (χ0) is 15.2.